The number of carbonyl (C=O) groups excluding carboxylic acids is 2. The number of imide groups is 1. The number of nitrogens with one attached hydrogen (secondary N) is 1. The Balaban J connectivity index is 1.57. The van der Waals surface area contributed by atoms with Gasteiger partial charge in [-0.05, 0) is 24.6 Å². The van der Waals surface area contributed by atoms with E-state index in [4.69, 9.17) is 5.11 Å². The number of nitrogens with zero attached hydrogens (tertiary/aromatic N) is 4. The van der Waals surface area contributed by atoms with Gasteiger partial charge in [-0.3, -0.25) is 33.7 Å². The number of carbonyl (C=O) groups is 3. The first kappa shape index (κ1) is 20.1. The average molecular weight is 415 g/mol. The van der Waals surface area contributed by atoms with Crippen molar-refractivity contribution in [2.24, 2.45) is 7.05 Å². The van der Waals surface area contributed by atoms with Crippen LogP contribution in [0.4, 0.5) is 5.69 Å². The lowest BCUT2D eigenvalue weighted by Crippen LogP contribution is -2.46. The van der Waals surface area contributed by atoms with Crippen LogP contribution in [0.3, 0.4) is 0 Å². The molecular weight excluding hydrogens is 390 g/mol. The van der Waals surface area contributed by atoms with Crippen LogP contribution in [0.15, 0.2) is 23.0 Å². The summed E-state index contributed by atoms with van der Waals surface area (Å²) in [5.41, 5.74) is 2.10. The number of aromatic nitrogens is 2. The molecule has 2 saturated heterocycles. The molecular formula is C20H25N5O5. The molecule has 4 rings (SSSR count). The van der Waals surface area contributed by atoms with Crippen molar-refractivity contribution in [3.63, 3.8) is 0 Å². The maximum Gasteiger partial charge on any atom is 0.329 e. The fourth-order valence-corrected chi connectivity index (χ4v) is 4.26. The van der Waals surface area contributed by atoms with Crippen LogP contribution in [0, 0.1) is 0 Å². The highest BCUT2D eigenvalue weighted by atomic mass is 16.4. The molecule has 2 aromatic rings. The predicted octanol–water partition coefficient (Wildman–Crippen LogP) is -0.0856. The van der Waals surface area contributed by atoms with Gasteiger partial charge in [-0.1, -0.05) is 0 Å². The molecule has 1 unspecified atom stereocenters. The van der Waals surface area contributed by atoms with Gasteiger partial charge in [0, 0.05) is 51.9 Å². The predicted molar refractivity (Wildman–Crippen MR) is 110 cm³/mol. The second-order valence-corrected chi connectivity index (χ2v) is 7.82. The summed E-state index contributed by atoms with van der Waals surface area (Å²) in [5.74, 6) is -1.54. The van der Waals surface area contributed by atoms with Crippen LogP contribution in [0.1, 0.15) is 25.3 Å². The van der Waals surface area contributed by atoms with Crippen molar-refractivity contribution in [1.82, 2.24) is 19.4 Å². The Hall–Kier alpha value is -3.14. The number of fused-ring (bicyclic) bond motifs is 1. The van der Waals surface area contributed by atoms with E-state index in [-0.39, 0.29) is 24.4 Å². The van der Waals surface area contributed by atoms with E-state index in [1.807, 2.05) is 18.2 Å². The number of carboxylic acids is 1. The smallest absolute Gasteiger partial charge is 0.329 e. The highest BCUT2D eigenvalue weighted by molar-refractivity contribution is 6.00. The number of amides is 2. The zero-order chi connectivity index (χ0) is 21.4. The van der Waals surface area contributed by atoms with Gasteiger partial charge in [0.2, 0.25) is 11.8 Å². The molecule has 1 aromatic heterocycles. The fraction of sp³-hybridized carbons (Fsp3) is 0.500. The molecule has 160 valence electrons. The molecule has 0 bridgehead atoms. The maximum atomic E-state index is 12.9. The number of aryl methyl sites for hydroxylation is 1. The molecule has 10 nitrogen and oxygen atoms in total. The Morgan fingerprint density at radius 3 is 2.53 bits per heavy atom. The molecule has 0 radical (unpaired) electrons. The lowest BCUT2D eigenvalue weighted by Gasteiger charge is -2.36. The van der Waals surface area contributed by atoms with Gasteiger partial charge in [-0.25, -0.2) is 4.79 Å². The standard InChI is InChI=1S/C20H25N5O5/c1-22-16-12-13(24-10-8-23(9-11-24)7-6-18(27)28)2-3-14(16)25(20(22)30)15-4-5-17(26)21-19(15)29/h2-3,12,15H,4-11H2,1H3,(H,27,28)(H,21,26,29). The highest BCUT2D eigenvalue weighted by Gasteiger charge is 2.31. The molecule has 3 heterocycles. The van der Waals surface area contributed by atoms with Gasteiger partial charge >= 0.3 is 11.7 Å². The number of carboxylic acid groups (broad SMARTS) is 1. The fourth-order valence-electron chi connectivity index (χ4n) is 4.26. The summed E-state index contributed by atoms with van der Waals surface area (Å²) in [6.07, 6.45) is 0.662. The van der Waals surface area contributed by atoms with Gasteiger partial charge in [0.25, 0.3) is 0 Å². The van der Waals surface area contributed by atoms with E-state index in [0.717, 1.165) is 37.4 Å². The number of piperidine rings is 1. The Morgan fingerprint density at radius 1 is 1.13 bits per heavy atom. The third-order valence-corrected chi connectivity index (χ3v) is 5.97. The average Bonchev–Trinajstić information content (AvgIpc) is 2.97. The molecule has 30 heavy (non-hydrogen) atoms. The van der Waals surface area contributed by atoms with E-state index < -0.39 is 17.9 Å². The number of benzene rings is 1. The van der Waals surface area contributed by atoms with Crippen molar-refractivity contribution in [3.05, 3.63) is 28.7 Å². The third-order valence-electron chi connectivity index (χ3n) is 5.97. The summed E-state index contributed by atoms with van der Waals surface area (Å²) in [7, 11) is 1.68. The van der Waals surface area contributed by atoms with Crippen molar-refractivity contribution in [2.75, 3.05) is 37.6 Å². The number of anilines is 1. The van der Waals surface area contributed by atoms with Crippen LogP contribution in [0.2, 0.25) is 0 Å². The number of aliphatic carboxylic acids is 1. The van der Waals surface area contributed by atoms with Gasteiger partial charge in [0.15, 0.2) is 0 Å². The van der Waals surface area contributed by atoms with Crippen LogP contribution in [-0.4, -0.2) is 69.6 Å². The topological polar surface area (TPSA) is 117 Å². The quantitative estimate of drug-likeness (QED) is 0.656. The molecule has 0 spiro atoms. The Kier molecular flexibility index (Phi) is 5.33. The second-order valence-electron chi connectivity index (χ2n) is 7.82. The van der Waals surface area contributed by atoms with E-state index in [1.165, 1.54) is 9.13 Å². The molecule has 2 amide bonds. The maximum absolute atomic E-state index is 12.9. The van der Waals surface area contributed by atoms with E-state index in [2.05, 4.69) is 15.1 Å². The van der Waals surface area contributed by atoms with Crippen LogP contribution >= 0.6 is 0 Å². The van der Waals surface area contributed by atoms with Crippen molar-refractivity contribution < 1.29 is 19.5 Å². The number of hydrogen-bond acceptors (Lipinski definition) is 6. The molecule has 2 N–H and O–H groups in total. The summed E-state index contributed by atoms with van der Waals surface area (Å²) in [5, 5.41) is 11.2. The van der Waals surface area contributed by atoms with Crippen molar-refractivity contribution in [2.45, 2.75) is 25.3 Å². The van der Waals surface area contributed by atoms with Crippen molar-refractivity contribution in [3.8, 4) is 0 Å². The first-order chi connectivity index (χ1) is 14.3. The number of piperazine rings is 1. The van der Waals surface area contributed by atoms with Gasteiger partial charge in [-0.15, -0.1) is 0 Å². The first-order valence-electron chi connectivity index (χ1n) is 10.1. The van der Waals surface area contributed by atoms with Crippen LogP contribution in [0.5, 0.6) is 0 Å². The summed E-state index contributed by atoms with van der Waals surface area (Å²) in [6.45, 7) is 3.65. The van der Waals surface area contributed by atoms with Crippen molar-refractivity contribution in [1.29, 1.82) is 0 Å². The zero-order valence-electron chi connectivity index (χ0n) is 16.8. The van der Waals surface area contributed by atoms with Gasteiger partial charge in [0.1, 0.15) is 6.04 Å². The normalized spacial score (nSPS) is 20.6. The molecule has 0 saturated carbocycles. The molecule has 1 aromatic carbocycles. The number of rotatable bonds is 5. The van der Waals surface area contributed by atoms with Gasteiger partial charge < -0.3 is 10.0 Å². The molecule has 10 heteroatoms. The van der Waals surface area contributed by atoms with E-state index in [0.29, 0.717) is 18.5 Å². The summed E-state index contributed by atoms with van der Waals surface area (Å²) < 4.78 is 3.01. The number of imidazole rings is 1. The first-order valence-corrected chi connectivity index (χ1v) is 10.1. The molecule has 0 aliphatic carbocycles. The Labute approximate surface area is 172 Å². The van der Waals surface area contributed by atoms with E-state index in [9.17, 15) is 19.2 Å². The molecule has 2 fully saturated rings. The highest BCUT2D eigenvalue weighted by Crippen LogP contribution is 2.27. The van der Waals surface area contributed by atoms with E-state index in [1.54, 1.807) is 7.05 Å². The van der Waals surface area contributed by atoms with Gasteiger partial charge in [0.05, 0.1) is 17.5 Å². The van der Waals surface area contributed by atoms with Crippen LogP contribution in [-0.2, 0) is 21.4 Å². The lowest BCUT2D eigenvalue weighted by atomic mass is 10.1. The second kappa shape index (κ2) is 7.94. The van der Waals surface area contributed by atoms with Crippen LogP contribution in [0.25, 0.3) is 11.0 Å². The number of hydrogen-bond donors (Lipinski definition) is 2. The summed E-state index contributed by atoms with van der Waals surface area (Å²) in [6, 6.07) is 5.05. The lowest BCUT2D eigenvalue weighted by molar-refractivity contribution is -0.138. The minimum absolute atomic E-state index is 0.141. The third kappa shape index (κ3) is 3.70. The minimum Gasteiger partial charge on any atom is -0.481 e. The van der Waals surface area contributed by atoms with Crippen molar-refractivity contribution >= 4 is 34.5 Å². The van der Waals surface area contributed by atoms with E-state index >= 15 is 0 Å². The van der Waals surface area contributed by atoms with Crippen LogP contribution < -0.4 is 15.9 Å². The SMILES string of the molecule is Cn1c(=O)n(C2CCC(=O)NC2=O)c2ccc(N3CCN(CCC(=O)O)CC3)cc21. The largest absolute Gasteiger partial charge is 0.481 e. The molecule has 1 atom stereocenters. The zero-order valence-corrected chi connectivity index (χ0v) is 16.8. The summed E-state index contributed by atoms with van der Waals surface area (Å²) >= 11 is 0. The Bertz CT molecular complexity index is 1060. The molecule has 2 aliphatic rings. The molecule has 2 aliphatic heterocycles. The van der Waals surface area contributed by atoms with Gasteiger partial charge in [-0.2, -0.15) is 0 Å². The minimum atomic E-state index is -0.788. The Morgan fingerprint density at radius 2 is 1.87 bits per heavy atom. The summed E-state index contributed by atoms with van der Waals surface area (Å²) in [4.78, 5) is 51.7. The monoisotopic (exact) mass is 415 g/mol.